The maximum atomic E-state index is 13.4. The minimum absolute atomic E-state index is 0.138. The molecule has 5 aromatic rings. The summed E-state index contributed by atoms with van der Waals surface area (Å²) in [6.45, 7) is 1.51. The summed E-state index contributed by atoms with van der Waals surface area (Å²) in [5, 5.41) is 16.8. The Morgan fingerprint density at radius 3 is 1.61 bits per heavy atom. The first-order chi connectivity index (χ1) is 21.3. The van der Waals surface area contributed by atoms with Gasteiger partial charge < -0.3 is 16.0 Å². The summed E-state index contributed by atoms with van der Waals surface area (Å²) >= 11 is 12.1. The third-order valence-corrected chi connectivity index (χ3v) is 7.30. The lowest BCUT2D eigenvalue weighted by Crippen LogP contribution is -2.24. The molecule has 1 unspecified atom stereocenters. The Bertz CT molecular complexity index is 1750. The van der Waals surface area contributed by atoms with Crippen molar-refractivity contribution in [2.24, 2.45) is 5.10 Å². The van der Waals surface area contributed by atoms with E-state index in [1.54, 1.807) is 24.3 Å². The van der Waals surface area contributed by atoms with Gasteiger partial charge in [0.05, 0.1) is 11.8 Å². The Kier molecular flexibility index (Phi) is 8.36. The number of hydrogen-bond donors (Lipinski definition) is 3. The number of anilines is 6. The maximum Gasteiger partial charge on any atom is 0.240 e. The van der Waals surface area contributed by atoms with Gasteiger partial charge in [-0.3, -0.25) is 4.79 Å². The molecule has 0 bridgehead atoms. The van der Waals surface area contributed by atoms with Crippen LogP contribution in [0.25, 0.3) is 0 Å². The van der Waals surface area contributed by atoms with Gasteiger partial charge >= 0.3 is 0 Å². The first-order valence-electron chi connectivity index (χ1n) is 13.6. The summed E-state index contributed by atoms with van der Waals surface area (Å²) in [5.41, 5.74) is 4.72. The topological polar surface area (TPSA) is 107 Å². The number of rotatable bonds is 8. The summed E-state index contributed by atoms with van der Waals surface area (Å²) in [6.07, 6.45) is 0.569. The summed E-state index contributed by atoms with van der Waals surface area (Å²) < 4.78 is 13.4. The molecule has 3 N–H and O–H groups in total. The summed E-state index contributed by atoms with van der Waals surface area (Å²) in [4.78, 5) is 25.9. The molecule has 0 saturated carbocycles. The van der Waals surface area contributed by atoms with Gasteiger partial charge in [0.2, 0.25) is 23.8 Å². The number of amides is 1. The molecule has 1 aliphatic rings. The highest BCUT2D eigenvalue weighted by molar-refractivity contribution is 6.30. The van der Waals surface area contributed by atoms with Crippen LogP contribution < -0.4 is 16.0 Å². The number of carbonyl (C=O) groups is 1. The fourth-order valence-corrected chi connectivity index (χ4v) is 4.91. The molecule has 1 amide bonds. The van der Waals surface area contributed by atoms with E-state index in [4.69, 9.17) is 23.2 Å². The molecule has 12 heteroatoms. The molecule has 2 heterocycles. The largest absolute Gasteiger partial charge is 0.324 e. The van der Waals surface area contributed by atoms with Gasteiger partial charge in [0.25, 0.3) is 0 Å². The number of hydrazone groups is 1. The van der Waals surface area contributed by atoms with E-state index in [0.717, 1.165) is 28.2 Å². The van der Waals surface area contributed by atoms with Crippen LogP contribution in [0.3, 0.4) is 0 Å². The fraction of sp³-hybridized carbons (Fsp3) is 0.0938. The van der Waals surface area contributed by atoms with E-state index in [2.05, 4.69) is 36.0 Å². The van der Waals surface area contributed by atoms with E-state index in [0.29, 0.717) is 22.2 Å². The molecule has 0 saturated heterocycles. The van der Waals surface area contributed by atoms with Crippen LogP contribution in [-0.2, 0) is 4.79 Å². The molecule has 1 aliphatic heterocycles. The SMILES string of the molecule is CC(=O)N1N=C(c2ccc(Nc3nc(Nc4ccc(F)cc4)nc(Nc4ccc(Cl)cc4)n3)cc2)CC1c1ccc(Cl)cc1. The van der Waals surface area contributed by atoms with Crippen LogP contribution in [0.1, 0.15) is 30.5 Å². The van der Waals surface area contributed by atoms with Crippen molar-refractivity contribution < 1.29 is 9.18 Å². The number of halogens is 3. The highest BCUT2D eigenvalue weighted by Crippen LogP contribution is 2.33. The molecule has 6 rings (SSSR count). The minimum atomic E-state index is -0.347. The first kappa shape index (κ1) is 29.0. The lowest BCUT2D eigenvalue weighted by molar-refractivity contribution is -0.130. The number of nitrogens with one attached hydrogen (secondary N) is 3. The zero-order valence-corrected chi connectivity index (χ0v) is 24.8. The Labute approximate surface area is 262 Å². The van der Waals surface area contributed by atoms with Crippen molar-refractivity contribution in [2.75, 3.05) is 16.0 Å². The van der Waals surface area contributed by atoms with E-state index in [1.165, 1.54) is 24.1 Å². The Morgan fingerprint density at radius 1 is 0.705 bits per heavy atom. The maximum absolute atomic E-state index is 13.4. The molecule has 0 radical (unpaired) electrons. The lowest BCUT2D eigenvalue weighted by atomic mass is 9.98. The van der Waals surface area contributed by atoms with Crippen molar-refractivity contribution in [2.45, 2.75) is 19.4 Å². The van der Waals surface area contributed by atoms with Gasteiger partial charge in [-0.25, -0.2) is 9.40 Å². The van der Waals surface area contributed by atoms with Crippen LogP contribution in [0.5, 0.6) is 0 Å². The second kappa shape index (κ2) is 12.7. The van der Waals surface area contributed by atoms with Crippen LogP contribution in [0, 0.1) is 5.82 Å². The van der Waals surface area contributed by atoms with Gasteiger partial charge in [-0.2, -0.15) is 20.1 Å². The predicted molar refractivity (Wildman–Crippen MR) is 172 cm³/mol. The van der Waals surface area contributed by atoms with Crippen molar-refractivity contribution in [1.29, 1.82) is 0 Å². The second-order valence-corrected chi connectivity index (χ2v) is 10.8. The van der Waals surface area contributed by atoms with E-state index < -0.39 is 0 Å². The first-order valence-corrected chi connectivity index (χ1v) is 14.4. The predicted octanol–water partition coefficient (Wildman–Crippen LogP) is 8.25. The quantitative estimate of drug-likeness (QED) is 0.159. The van der Waals surface area contributed by atoms with E-state index in [1.807, 2.05) is 60.7 Å². The van der Waals surface area contributed by atoms with Gasteiger partial charge in [-0.15, -0.1) is 0 Å². The number of carbonyl (C=O) groups excluding carboxylic acids is 1. The fourth-order valence-electron chi connectivity index (χ4n) is 4.66. The van der Waals surface area contributed by atoms with Gasteiger partial charge in [0.1, 0.15) is 5.82 Å². The van der Waals surface area contributed by atoms with E-state index in [-0.39, 0.29) is 35.6 Å². The van der Waals surface area contributed by atoms with Crippen LogP contribution in [0.15, 0.2) is 102 Å². The van der Waals surface area contributed by atoms with E-state index in [9.17, 15) is 9.18 Å². The van der Waals surface area contributed by atoms with Crippen molar-refractivity contribution in [3.8, 4) is 0 Å². The summed E-state index contributed by atoms with van der Waals surface area (Å²) in [5.74, 6) is 0.322. The highest BCUT2D eigenvalue weighted by Gasteiger charge is 2.31. The molecule has 44 heavy (non-hydrogen) atoms. The van der Waals surface area contributed by atoms with Gasteiger partial charge in [-0.05, 0) is 83.9 Å². The Hall–Kier alpha value is -5.06. The monoisotopic (exact) mass is 626 g/mol. The smallest absolute Gasteiger partial charge is 0.240 e. The molecule has 0 aliphatic carbocycles. The van der Waals surface area contributed by atoms with Gasteiger partial charge in [0.15, 0.2) is 0 Å². The molecule has 9 nitrogen and oxygen atoms in total. The minimum Gasteiger partial charge on any atom is -0.324 e. The molecule has 0 fully saturated rings. The highest BCUT2D eigenvalue weighted by atomic mass is 35.5. The van der Waals surface area contributed by atoms with Crippen LogP contribution in [-0.4, -0.2) is 31.6 Å². The Balaban J connectivity index is 1.23. The van der Waals surface area contributed by atoms with Crippen LogP contribution in [0.2, 0.25) is 10.0 Å². The number of hydrogen-bond acceptors (Lipinski definition) is 8. The van der Waals surface area contributed by atoms with Crippen molar-refractivity contribution in [1.82, 2.24) is 20.0 Å². The molecule has 220 valence electrons. The summed E-state index contributed by atoms with van der Waals surface area (Å²) in [7, 11) is 0. The third-order valence-electron chi connectivity index (χ3n) is 6.80. The molecular formula is C32H25Cl2FN8O. The standard InChI is InChI=1S/C32H25Cl2FN8O/c1-19(44)43-29(21-2-6-22(33)7-3-21)18-28(42-43)20-4-12-25(13-5-20)36-30-39-31(37-26-14-8-23(34)9-15-26)41-32(40-30)38-27-16-10-24(35)11-17-27/h2-17,29H,18H2,1H3,(H3,36,37,38,39,40,41). The average molecular weight is 628 g/mol. The number of benzene rings is 4. The lowest BCUT2D eigenvalue weighted by Gasteiger charge is -2.20. The number of nitrogens with zero attached hydrogens (tertiary/aromatic N) is 5. The van der Waals surface area contributed by atoms with Gasteiger partial charge in [0, 0.05) is 40.5 Å². The Morgan fingerprint density at radius 2 is 1.14 bits per heavy atom. The second-order valence-electron chi connectivity index (χ2n) is 9.95. The van der Waals surface area contributed by atoms with Crippen molar-refractivity contribution in [3.63, 3.8) is 0 Å². The van der Waals surface area contributed by atoms with Crippen LogP contribution >= 0.6 is 23.2 Å². The number of aromatic nitrogens is 3. The van der Waals surface area contributed by atoms with E-state index >= 15 is 0 Å². The van der Waals surface area contributed by atoms with Gasteiger partial charge in [-0.1, -0.05) is 47.5 Å². The molecule has 0 spiro atoms. The van der Waals surface area contributed by atoms with Crippen molar-refractivity contribution in [3.05, 3.63) is 124 Å². The molecule has 1 atom stereocenters. The average Bonchev–Trinajstić information content (AvgIpc) is 3.46. The zero-order valence-electron chi connectivity index (χ0n) is 23.3. The summed E-state index contributed by atoms with van der Waals surface area (Å²) in [6, 6.07) is 27.9. The normalized spacial score (nSPS) is 14.2. The van der Waals surface area contributed by atoms with Crippen molar-refractivity contribution >= 4 is 69.7 Å². The van der Waals surface area contributed by atoms with Crippen LogP contribution in [0.4, 0.5) is 39.3 Å². The molecular weight excluding hydrogens is 602 g/mol. The zero-order chi connectivity index (χ0) is 30.6. The third kappa shape index (κ3) is 6.94. The molecule has 4 aromatic carbocycles. The molecule has 1 aromatic heterocycles.